The Hall–Kier alpha value is -3.93. The van der Waals surface area contributed by atoms with Crippen molar-refractivity contribution in [3.05, 3.63) is 77.4 Å². The molecular formula is C29H31NO5. The molecule has 0 spiro atoms. The zero-order chi connectivity index (χ0) is 24.6. The van der Waals surface area contributed by atoms with E-state index >= 15 is 0 Å². The van der Waals surface area contributed by atoms with E-state index in [-0.39, 0.29) is 12.5 Å². The average molecular weight is 474 g/mol. The Balaban J connectivity index is 1.51. The molecule has 6 heteroatoms. The topological polar surface area (TPSA) is 66.0 Å². The van der Waals surface area contributed by atoms with Crippen molar-refractivity contribution in [3.63, 3.8) is 0 Å². The number of ether oxygens (including phenoxy) is 4. The van der Waals surface area contributed by atoms with Gasteiger partial charge in [0.1, 0.15) is 12.4 Å². The van der Waals surface area contributed by atoms with Crippen LogP contribution in [0.4, 0.5) is 0 Å². The van der Waals surface area contributed by atoms with E-state index in [2.05, 4.69) is 17.4 Å². The van der Waals surface area contributed by atoms with Crippen molar-refractivity contribution in [2.24, 2.45) is 0 Å². The summed E-state index contributed by atoms with van der Waals surface area (Å²) in [7, 11) is 0. The summed E-state index contributed by atoms with van der Waals surface area (Å²) in [4.78, 5) is 13.0. The molecule has 0 saturated carbocycles. The van der Waals surface area contributed by atoms with Gasteiger partial charge in [0.05, 0.1) is 25.4 Å². The Bertz CT molecular complexity index is 1180. The fourth-order valence-electron chi connectivity index (χ4n) is 3.96. The second-order valence-electron chi connectivity index (χ2n) is 7.98. The molecule has 4 rings (SSSR count). The third kappa shape index (κ3) is 5.77. The molecule has 0 fully saturated rings. The van der Waals surface area contributed by atoms with Crippen molar-refractivity contribution < 1.29 is 23.7 Å². The van der Waals surface area contributed by atoms with E-state index < -0.39 is 0 Å². The summed E-state index contributed by atoms with van der Waals surface area (Å²) < 4.78 is 23.2. The molecule has 0 radical (unpaired) electrons. The van der Waals surface area contributed by atoms with Gasteiger partial charge in [-0.2, -0.15) is 0 Å². The maximum atomic E-state index is 13.0. The summed E-state index contributed by atoms with van der Waals surface area (Å²) in [5, 5.41) is 3.00. The van der Waals surface area contributed by atoms with Crippen molar-refractivity contribution in [1.29, 1.82) is 0 Å². The normalized spacial score (nSPS) is 12.1. The van der Waals surface area contributed by atoms with Crippen LogP contribution < -0.4 is 24.3 Å². The van der Waals surface area contributed by atoms with Crippen LogP contribution in [-0.2, 0) is 11.3 Å². The molecule has 0 atom stereocenters. The Morgan fingerprint density at radius 3 is 2.20 bits per heavy atom. The maximum absolute atomic E-state index is 13.0. The zero-order valence-electron chi connectivity index (χ0n) is 20.4. The van der Waals surface area contributed by atoms with Crippen molar-refractivity contribution in [3.8, 4) is 34.1 Å². The lowest BCUT2D eigenvalue weighted by molar-refractivity contribution is -0.117. The van der Waals surface area contributed by atoms with E-state index in [0.717, 1.165) is 28.0 Å². The number of fused-ring (bicyclic) bond motifs is 1. The predicted octanol–water partition coefficient (Wildman–Crippen LogP) is 5.64. The summed E-state index contributed by atoms with van der Waals surface area (Å²) in [5.41, 5.74) is 4.51. The number of hydrogen-bond donors (Lipinski definition) is 1. The lowest BCUT2D eigenvalue weighted by atomic mass is 10.00. The fourth-order valence-corrected chi connectivity index (χ4v) is 3.96. The zero-order valence-corrected chi connectivity index (χ0v) is 20.4. The molecular weight excluding hydrogens is 442 g/mol. The fraction of sp³-hybridized carbons (Fsp3) is 0.276. The first-order chi connectivity index (χ1) is 17.1. The number of rotatable bonds is 10. The van der Waals surface area contributed by atoms with Gasteiger partial charge in [0.25, 0.3) is 5.91 Å². The summed E-state index contributed by atoms with van der Waals surface area (Å²) >= 11 is 0. The molecule has 1 aliphatic rings. The van der Waals surface area contributed by atoms with Crippen molar-refractivity contribution in [1.82, 2.24) is 5.32 Å². The van der Waals surface area contributed by atoms with E-state index in [0.29, 0.717) is 49.2 Å². The molecule has 0 saturated heterocycles. The first-order valence-corrected chi connectivity index (χ1v) is 12.0. The molecule has 0 aromatic heterocycles. The smallest absolute Gasteiger partial charge is 0.250 e. The molecule has 1 aliphatic heterocycles. The Morgan fingerprint density at radius 2 is 1.54 bits per heavy atom. The van der Waals surface area contributed by atoms with E-state index in [1.54, 1.807) is 0 Å². The minimum atomic E-state index is -0.175. The van der Waals surface area contributed by atoms with Gasteiger partial charge in [-0.15, -0.1) is 0 Å². The van der Waals surface area contributed by atoms with Gasteiger partial charge >= 0.3 is 0 Å². The molecule has 0 bridgehead atoms. The Kier molecular flexibility index (Phi) is 7.93. The van der Waals surface area contributed by atoms with Gasteiger partial charge in [0, 0.05) is 12.1 Å². The summed E-state index contributed by atoms with van der Waals surface area (Å²) in [6.07, 6.45) is 1.90. The van der Waals surface area contributed by atoms with Crippen LogP contribution in [0.15, 0.2) is 66.2 Å². The molecule has 35 heavy (non-hydrogen) atoms. The molecule has 1 N–H and O–H groups in total. The second-order valence-corrected chi connectivity index (χ2v) is 7.98. The highest BCUT2D eigenvalue weighted by molar-refractivity contribution is 5.99. The van der Waals surface area contributed by atoms with Crippen LogP contribution in [0.25, 0.3) is 17.2 Å². The lowest BCUT2D eigenvalue weighted by Crippen LogP contribution is -2.28. The van der Waals surface area contributed by atoms with Crippen molar-refractivity contribution in [2.45, 2.75) is 27.3 Å². The SMILES string of the molecule is CCOc1cc(CNC(=O)C2=Cc3cc(-c4ccccc4)ccc3OC2)cc(OCC)c1OCC. The highest BCUT2D eigenvalue weighted by Gasteiger charge is 2.19. The van der Waals surface area contributed by atoms with Crippen LogP contribution in [0.5, 0.6) is 23.0 Å². The van der Waals surface area contributed by atoms with Crippen LogP contribution in [0.3, 0.4) is 0 Å². The number of hydrogen-bond acceptors (Lipinski definition) is 5. The highest BCUT2D eigenvalue weighted by Crippen LogP contribution is 2.39. The average Bonchev–Trinajstić information content (AvgIpc) is 2.89. The van der Waals surface area contributed by atoms with E-state index in [9.17, 15) is 4.79 Å². The predicted molar refractivity (Wildman–Crippen MR) is 137 cm³/mol. The summed E-state index contributed by atoms with van der Waals surface area (Å²) in [5.74, 6) is 2.39. The molecule has 0 aliphatic carbocycles. The van der Waals surface area contributed by atoms with Crippen LogP contribution in [0.1, 0.15) is 31.9 Å². The minimum Gasteiger partial charge on any atom is -0.490 e. The summed E-state index contributed by atoms with van der Waals surface area (Å²) in [6, 6.07) is 19.9. The maximum Gasteiger partial charge on any atom is 0.250 e. The van der Waals surface area contributed by atoms with Gasteiger partial charge in [-0.05, 0) is 67.8 Å². The van der Waals surface area contributed by atoms with Gasteiger partial charge in [-0.1, -0.05) is 36.4 Å². The van der Waals surface area contributed by atoms with Gasteiger partial charge in [-0.25, -0.2) is 0 Å². The monoisotopic (exact) mass is 473 g/mol. The molecule has 6 nitrogen and oxygen atoms in total. The third-order valence-electron chi connectivity index (χ3n) is 5.54. The van der Waals surface area contributed by atoms with Crippen LogP contribution in [0.2, 0.25) is 0 Å². The number of carbonyl (C=O) groups excluding carboxylic acids is 1. The van der Waals surface area contributed by atoms with E-state index in [1.807, 2.05) is 75.4 Å². The minimum absolute atomic E-state index is 0.175. The van der Waals surface area contributed by atoms with Gasteiger partial charge in [0.2, 0.25) is 5.75 Å². The molecule has 3 aromatic rings. The highest BCUT2D eigenvalue weighted by atomic mass is 16.5. The van der Waals surface area contributed by atoms with Crippen molar-refractivity contribution in [2.75, 3.05) is 26.4 Å². The number of amides is 1. The number of carbonyl (C=O) groups is 1. The second kappa shape index (κ2) is 11.5. The molecule has 1 amide bonds. The van der Waals surface area contributed by atoms with Crippen LogP contribution in [-0.4, -0.2) is 32.3 Å². The Labute approximate surface area is 206 Å². The molecule has 1 heterocycles. The first-order valence-electron chi connectivity index (χ1n) is 12.0. The number of benzene rings is 3. The van der Waals surface area contributed by atoms with E-state index in [1.165, 1.54) is 0 Å². The van der Waals surface area contributed by atoms with Crippen LogP contribution in [0, 0.1) is 0 Å². The molecule has 0 unspecified atom stereocenters. The van der Waals surface area contributed by atoms with Gasteiger partial charge in [-0.3, -0.25) is 4.79 Å². The molecule has 182 valence electrons. The van der Waals surface area contributed by atoms with Crippen molar-refractivity contribution >= 4 is 12.0 Å². The lowest BCUT2D eigenvalue weighted by Gasteiger charge is -2.19. The third-order valence-corrected chi connectivity index (χ3v) is 5.54. The van der Waals surface area contributed by atoms with Gasteiger partial charge < -0.3 is 24.3 Å². The number of nitrogens with one attached hydrogen (secondary N) is 1. The van der Waals surface area contributed by atoms with Gasteiger partial charge in [0.15, 0.2) is 11.5 Å². The largest absolute Gasteiger partial charge is 0.490 e. The summed E-state index contributed by atoms with van der Waals surface area (Å²) in [6.45, 7) is 7.79. The molecule has 3 aromatic carbocycles. The quantitative estimate of drug-likeness (QED) is 0.413. The van der Waals surface area contributed by atoms with E-state index in [4.69, 9.17) is 18.9 Å². The Morgan fingerprint density at radius 1 is 0.857 bits per heavy atom. The standard InChI is InChI=1S/C29H31NO5/c1-4-32-26-14-20(15-27(33-5-2)28(26)34-6-3)18-30-29(31)24-17-23-16-22(12-13-25(23)35-19-24)21-10-8-7-9-11-21/h7-17H,4-6,18-19H2,1-3H3,(H,30,31). The first kappa shape index (κ1) is 24.2. The van der Waals surface area contributed by atoms with Crippen LogP contribution >= 0.6 is 0 Å².